The van der Waals surface area contributed by atoms with E-state index in [1.807, 2.05) is 18.2 Å². The van der Waals surface area contributed by atoms with Crippen LogP contribution in [0.1, 0.15) is 31.7 Å². The summed E-state index contributed by atoms with van der Waals surface area (Å²) in [5.41, 5.74) is 6.87. The second-order valence-corrected chi connectivity index (χ2v) is 3.80. The van der Waals surface area contributed by atoms with Crippen LogP contribution in [-0.4, -0.2) is 12.6 Å². The molecule has 2 N–H and O–H groups in total. The van der Waals surface area contributed by atoms with Gasteiger partial charge in [-0.15, -0.1) is 0 Å². The monoisotopic (exact) mass is 207 g/mol. The van der Waals surface area contributed by atoms with Crippen molar-refractivity contribution in [1.82, 2.24) is 0 Å². The Kier molecular flexibility index (Phi) is 6.05. The molecular weight excluding hydrogens is 186 g/mol. The first-order valence-corrected chi connectivity index (χ1v) is 5.72. The van der Waals surface area contributed by atoms with Crippen LogP contribution in [0.5, 0.6) is 0 Å². The highest BCUT2D eigenvalue weighted by atomic mass is 16.5. The minimum Gasteiger partial charge on any atom is -0.372 e. The van der Waals surface area contributed by atoms with Gasteiger partial charge in [-0.25, -0.2) is 0 Å². The zero-order valence-corrected chi connectivity index (χ0v) is 9.49. The van der Waals surface area contributed by atoms with E-state index in [0.717, 1.165) is 6.42 Å². The van der Waals surface area contributed by atoms with Gasteiger partial charge in [0.05, 0.1) is 12.7 Å². The molecule has 0 radical (unpaired) electrons. The molecule has 0 aliphatic rings. The number of hydrogen-bond donors (Lipinski definition) is 1. The lowest BCUT2D eigenvalue weighted by Crippen LogP contribution is -2.23. The molecule has 0 bridgehead atoms. The van der Waals surface area contributed by atoms with E-state index in [2.05, 4.69) is 19.1 Å². The summed E-state index contributed by atoms with van der Waals surface area (Å²) >= 11 is 0. The van der Waals surface area contributed by atoms with Crippen LogP contribution in [-0.2, 0) is 11.3 Å². The Morgan fingerprint density at radius 1 is 1.27 bits per heavy atom. The molecule has 1 aromatic carbocycles. The SMILES string of the molecule is CCCC[C@@H](CN)OCc1ccccc1. The van der Waals surface area contributed by atoms with Crippen LogP contribution in [0.15, 0.2) is 30.3 Å². The molecule has 0 saturated heterocycles. The maximum atomic E-state index is 5.75. The van der Waals surface area contributed by atoms with Crippen molar-refractivity contribution in [3.05, 3.63) is 35.9 Å². The van der Waals surface area contributed by atoms with E-state index >= 15 is 0 Å². The van der Waals surface area contributed by atoms with Crippen molar-refractivity contribution in [2.24, 2.45) is 5.73 Å². The van der Waals surface area contributed by atoms with Crippen molar-refractivity contribution < 1.29 is 4.74 Å². The van der Waals surface area contributed by atoms with E-state index in [1.54, 1.807) is 0 Å². The van der Waals surface area contributed by atoms with Gasteiger partial charge in [-0.1, -0.05) is 50.1 Å². The number of unbranched alkanes of at least 4 members (excludes halogenated alkanes) is 1. The smallest absolute Gasteiger partial charge is 0.0721 e. The molecular formula is C13H21NO. The summed E-state index contributed by atoms with van der Waals surface area (Å²) in [6.45, 7) is 3.48. The fourth-order valence-electron chi connectivity index (χ4n) is 1.49. The van der Waals surface area contributed by atoms with Crippen LogP contribution >= 0.6 is 0 Å². The summed E-state index contributed by atoms with van der Waals surface area (Å²) in [6.07, 6.45) is 3.67. The molecule has 2 nitrogen and oxygen atoms in total. The van der Waals surface area contributed by atoms with Crippen molar-refractivity contribution in [3.63, 3.8) is 0 Å². The molecule has 0 aliphatic heterocycles. The molecule has 1 aromatic rings. The van der Waals surface area contributed by atoms with Crippen LogP contribution < -0.4 is 5.73 Å². The second kappa shape index (κ2) is 7.43. The summed E-state index contributed by atoms with van der Waals surface area (Å²) in [6, 6.07) is 10.2. The zero-order valence-electron chi connectivity index (χ0n) is 9.49. The molecule has 1 rings (SSSR count). The van der Waals surface area contributed by atoms with Crippen molar-refractivity contribution in [1.29, 1.82) is 0 Å². The Morgan fingerprint density at radius 2 is 2.00 bits per heavy atom. The molecule has 0 amide bonds. The molecule has 0 unspecified atom stereocenters. The van der Waals surface area contributed by atoms with Crippen LogP contribution in [0, 0.1) is 0 Å². The number of ether oxygens (including phenoxy) is 1. The van der Waals surface area contributed by atoms with Crippen molar-refractivity contribution in [2.75, 3.05) is 6.54 Å². The summed E-state index contributed by atoms with van der Waals surface area (Å²) in [7, 11) is 0. The van der Waals surface area contributed by atoms with Gasteiger partial charge in [0.15, 0.2) is 0 Å². The normalized spacial score (nSPS) is 12.7. The van der Waals surface area contributed by atoms with E-state index in [1.165, 1.54) is 18.4 Å². The number of benzene rings is 1. The fraction of sp³-hybridized carbons (Fsp3) is 0.538. The molecule has 84 valence electrons. The predicted molar refractivity (Wildman–Crippen MR) is 63.6 cm³/mol. The summed E-state index contributed by atoms with van der Waals surface area (Å²) in [5.74, 6) is 0. The molecule has 0 aromatic heterocycles. The first kappa shape index (κ1) is 12.2. The molecule has 0 saturated carbocycles. The number of rotatable bonds is 7. The lowest BCUT2D eigenvalue weighted by molar-refractivity contribution is 0.0395. The molecule has 0 aliphatic carbocycles. The summed E-state index contributed by atoms with van der Waals surface area (Å²) in [5, 5.41) is 0. The summed E-state index contributed by atoms with van der Waals surface area (Å²) < 4.78 is 5.75. The van der Waals surface area contributed by atoms with Gasteiger partial charge in [0.2, 0.25) is 0 Å². The Labute approximate surface area is 92.4 Å². The third-order valence-electron chi connectivity index (χ3n) is 2.47. The highest BCUT2D eigenvalue weighted by Gasteiger charge is 2.05. The van der Waals surface area contributed by atoms with E-state index in [9.17, 15) is 0 Å². The van der Waals surface area contributed by atoms with Gasteiger partial charge in [-0.2, -0.15) is 0 Å². The topological polar surface area (TPSA) is 35.2 Å². The average Bonchev–Trinajstić information content (AvgIpc) is 2.31. The largest absolute Gasteiger partial charge is 0.372 e. The van der Waals surface area contributed by atoms with Crippen molar-refractivity contribution >= 4 is 0 Å². The van der Waals surface area contributed by atoms with Gasteiger partial charge in [-0.05, 0) is 12.0 Å². The van der Waals surface area contributed by atoms with Crippen LogP contribution in [0.25, 0.3) is 0 Å². The minimum absolute atomic E-state index is 0.213. The third kappa shape index (κ3) is 4.96. The van der Waals surface area contributed by atoms with E-state index in [4.69, 9.17) is 10.5 Å². The number of hydrogen-bond acceptors (Lipinski definition) is 2. The highest BCUT2D eigenvalue weighted by molar-refractivity contribution is 5.13. The predicted octanol–water partition coefficient (Wildman–Crippen LogP) is 2.72. The van der Waals surface area contributed by atoms with E-state index < -0.39 is 0 Å². The Balaban J connectivity index is 2.28. The van der Waals surface area contributed by atoms with Gasteiger partial charge >= 0.3 is 0 Å². The maximum absolute atomic E-state index is 5.75. The number of nitrogens with two attached hydrogens (primary N) is 1. The zero-order chi connectivity index (χ0) is 10.9. The molecule has 0 spiro atoms. The Bertz CT molecular complexity index is 248. The van der Waals surface area contributed by atoms with E-state index in [-0.39, 0.29) is 6.10 Å². The molecule has 0 heterocycles. The van der Waals surface area contributed by atoms with Gasteiger partial charge < -0.3 is 10.5 Å². The Morgan fingerprint density at radius 3 is 2.60 bits per heavy atom. The fourth-order valence-corrected chi connectivity index (χ4v) is 1.49. The first-order chi connectivity index (χ1) is 7.36. The Hall–Kier alpha value is -0.860. The lowest BCUT2D eigenvalue weighted by atomic mass is 10.1. The minimum atomic E-state index is 0.213. The average molecular weight is 207 g/mol. The van der Waals surface area contributed by atoms with Crippen molar-refractivity contribution in [3.8, 4) is 0 Å². The van der Waals surface area contributed by atoms with Crippen LogP contribution in [0.3, 0.4) is 0 Å². The first-order valence-electron chi connectivity index (χ1n) is 5.72. The lowest BCUT2D eigenvalue weighted by Gasteiger charge is -2.15. The third-order valence-corrected chi connectivity index (χ3v) is 2.47. The standard InChI is InChI=1S/C13H21NO/c1-2-3-9-13(10-14)15-11-12-7-5-4-6-8-12/h4-8,13H,2-3,9-11,14H2,1H3/t13-/m0/s1. The van der Waals surface area contributed by atoms with Crippen LogP contribution in [0.4, 0.5) is 0 Å². The molecule has 1 atom stereocenters. The van der Waals surface area contributed by atoms with Gasteiger partial charge in [0, 0.05) is 6.54 Å². The second-order valence-electron chi connectivity index (χ2n) is 3.80. The molecule has 0 fully saturated rings. The molecule has 2 heteroatoms. The molecule has 15 heavy (non-hydrogen) atoms. The quantitative estimate of drug-likeness (QED) is 0.746. The van der Waals surface area contributed by atoms with Gasteiger partial charge in [0.25, 0.3) is 0 Å². The van der Waals surface area contributed by atoms with Crippen LogP contribution in [0.2, 0.25) is 0 Å². The van der Waals surface area contributed by atoms with Gasteiger partial charge in [-0.3, -0.25) is 0 Å². The van der Waals surface area contributed by atoms with Crippen molar-refractivity contribution in [2.45, 2.75) is 38.9 Å². The summed E-state index contributed by atoms with van der Waals surface area (Å²) in [4.78, 5) is 0. The van der Waals surface area contributed by atoms with Gasteiger partial charge in [0.1, 0.15) is 0 Å². The maximum Gasteiger partial charge on any atom is 0.0721 e. The highest BCUT2D eigenvalue weighted by Crippen LogP contribution is 2.07. The van der Waals surface area contributed by atoms with E-state index in [0.29, 0.717) is 13.2 Å².